The molecule has 0 spiro atoms. The lowest BCUT2D eigenvalue weighted by Gasteiger charge is -2.32. The van der Waals surface area contributed by atoms with Gasteiger partial charge < -0.3 is 15.0 Å². The minimum atomic E-state index is -4.42. The molecule has 3 rings (SSSR count). The normalized spacial score (nSPS) is 15.4. The van der Waals surface area contributed by atoms with Crippen LogP contribution in [0.15, 0.2) is 29.8 Å². The van der Waals surface area contributed by atoms with Crippen LogP contribution in [0, 0.1) is 5.92 Å². The number of hydrogen-bond donors (Lipinski definition) is 1. The first-order valence-corrected chi connectivity index (χ1v) is 9.42. The van der Waals surface area contributed by atoms with E-state index in [1.807, 2.05) is 4.90 Å². The van der Waals surface area contributed by atoms with Crippen molar-refractivity contribution in [2.75, 3.05) is 30.4 Å². The van der Waals surface area contributed by atoms with Crippen LogP contribution in [0.2, 0.25) is 0 Å². The predicted octanol–water partition coefficient (Wildman–Crippen LogP) is 3.80. The van der Waals surface area contributed by atoms with E-state index in [0.717, 1.165) is 12.3 Å². The number of aromatic nitrogens is 1. The molecule has 2 aromatic heterocycles. The van der Waals surface area contributed by atoms with Crippen LogP contribution in [-0.2, 0) is 15.7 Å². The van der Waals surface area contributed by atoms with Crippen LogP contribution in [0.1, 0.15) is 28.1 Å². The molecule has 0 aliphatic carbocycles. The van der Waals surface area contributed by atoms with E-state index >= 15 is 0 Å². The zero-order chi connectivity index (χ0) is 20.3. The van der Waals surface area contributed by atoms with Crippen molar-refractivity contribution in [2.45, 2.75) is 19.0 Å². The SMILES string of the molecule is COC(=O)c1sccc1NC(=O)C1CCN(c2ccc(C(F)(F)F)cn2)CC1. The fraction of sp³-hybridized carbons (Fsp3) is 0.389. The molecular weight excluding hydrogens is 395 g/mol. The highest BCUT2D eigenvalue weighted by Gasteiger charge is 2.31. The molecule has 1 fully saturated rings. The number of rotatable bonds is 4. The molecule has 1 saturated heterocycles. The Morgan fingerprint density at radius 2 is 1.96 bits per heavy atom. The third kappa shape index (κ3) is 4.44. The highest BCUT2D eigenvalue weighted by Crippen LogP contribution is 2.30. The maximum absolute atomic E-state index is 12.6. The van der Waals surface area contributed by atoms with Crippen molar-refractivity contribution < 1.29 is 27.5 Å². The van der Waals surface area contributed by atoms with Gasteiger partial charge in [-0.3, -0.25) is 4.79 Å². The van der Waals surface area contributed by atoms with Crippen molar-refractivity contribution in [1.29, 1.82) is 0 Å². The lowest BCUT2D eigenvalue weighted by Crippen LogP contribution is -2.38. The van der Waals surface area contributed by atoms with Gasteiger partial charge in [-0.25, -0.2) is 9.78 Å². The van der Waals surface area contributed by atoms with Gasteiger partial charge in [0, 0.05) is 25.2 Å². The molecule has 0 radical (unpaired) electrons. The van der Waals surface area contributed by atoms with E-state index in [9.17, 15) is 22.8 Å². The molecule has 1 aliphatic rings. The molecule has 0 unspecified atom stereocenters. The number of alkyl halides is 3. The Labute approximate surface area is 163 Å². The van der Waals surface area contributed by atoms with E-state index in [4.69, 9.17) is 4.74 Å². The number of anilines is 2. The Balaban J connectivity index is 1.57. The maximum atomic E-state index is 12.6. The number of carbonyl (C=O) groups excluding carboxylic acids is 2. The second-order valence-electron chi connectivity index (χ2n) is 6.31. The van der Waals surface area contributed by atoms with Crippen LogP contribution in [0.5, 0.6) is 0 Å². The van der Waals surface area contributed by atoms with Crippen LogP contribution in [0.25, 0.3) is 0 Å². The molecular formula is C18H18F3N3O3S. The highest BCUT2D eigenvalue weighted by molar-refractivity contribution is 7.12. The number of piperidine rings is 1. The zero-order valence-electron chi connectivity index (χ0n) is 15.0. The molecule has 0 saturated carbocycles. The number of nitrogens with one attached hydrogen (secondary N) is 1. The number of ether oxygens (including phenoxy) is 1. The Morgan fingerprint density at radius 3 is 2.54 bits per heavy atom. The number of esters is 1. The number of halogens is 3. The van der Waals surface area contributed by atoms with E-state index in [0.29, 0.717) is 42.3 Å². The second kappa shape index (κ2) is 8.17. The van der Waals surface area contributed by atoms with E-state index in [2.05, 4.69) is 10.3 Å². The van der Waals surface area contributed by atoms with Gasteiger partial charge in [-0.05, 0) is 36.4 Å². The predicted molar refractivity (Wildman–Crippen MR) is 98.5 cm³/mol. The fourth-order valence-electron chi connectivity index (χ4n) is 3.00. The van der Waals surface area contributed by atoms with Crippen LogP contribution < -0.4 is 10.2 Å². The Morgan fingerprint density at radius 1 is 1.25 bits per heavy atom. The first kappa shape index (κ1) is 20.1. The molecule has 28 heavy (non-hydrogen) atoms. The van der Waals surface area contributed by atoms with Crippen LogP contribution in [0.4, 0.5) is 24.7 Å². The van der Waals surface area contributed by atoms with E-state index in [1.165, 1.54) is 24.5 Å². The molecule has 1 N–H and O–H groups in total. The molecule has 2 aromatic rings. The lowest BCUT2D eigenvalue weighted by atomic mass is 9.95. The number of hydrogen-bond acceptors (Lipinski definition) is 6. The number of nitrogens with zero attached hydrogens (tertiary/aromatic N) is 2. The fourth-order valence-corrected chi connectivity index (χ4v) is 3.77. The first-order valence-electron chi connectivity index (χ1n) is 8.54. The van der Waals surface area contributed by atoms with Crippen LogP contribution >= 0.6 is 11.3 Å². The molecule has 6 nitrogen and oxygen atoms in total. The molecule has 3 heterocycles. The Hall–Kier alpha value is -2.62. The van der Waals surface area contributed by atoms with Crippen LogP contribution in [0.3, 0.4) is 0 Å². The van der Waals surface area contributed by atoms with E-state index < -0.39 is 17.7 Å². The van der Waals surface area contributed by atoms with Crippen molar-refractivity contribution in [3.05, 3.63) is 40.2 Å². The number of pyridine rings is 1. The summed E-state index contributed by atoms with van der Waals surface area (Å²) < 4.78 is 42.6. The first-order chi connectivity index (χ1) is 13.3. The summed E-state index contributed by atoms with van der Waals surface area (Å²) in [6.45, 7) is 1.01. The van der Waals surface area contributed by atoms with Crippen molar-refractivity contribution in [3.63, 3.8) is 0 Å². The smallest absolute Gasteiger partial charge is 0.417 e. The molecule has 0 atom stereocenters. The standard InChI is InChI=1S/C18H18F3N3O3S/c1-27-17(26)15-13(6-9-28-15)23-16(25)11-4-7-24(8-5-11)14-3-2-12(10-22-14)18(19,20)21/h2-3,6,9-11H,4-5,7-8H2,1H3,(H,23,25). The topological polar surface area (TPSA) is 71.5 Å². The third-order valence-corrected chi connectivity index (χ3v) is 5.45. The second-order valence-corrected chi connectivity index (χ2v) is 7.22. The minimum Gasteiger partial charge on any atom is -0.465 e. The lowest BCUT2D eigenvalue weighted by molar-refractivity contribution is -0.137. The average molecular weight is 413 g/mol. The molecule has 0 bridgehead atoms. The van der Waals surface area contributed by atoms with Crippen molar-refractivity contribution >= 4 is 34.7 Å². The molecule has 150 valence electrons. The average Bonchev–Trinajstić information content (AvgIpc) is 3.15. The summed E-state index contributed by atoms with van der Waals surface area (Å²) >= 11 is 1.19. The zero-order valence-corrected chi connectivity index (χ0v) is 15.8. The summed E-state index contributed by atoms with van der Waals surface area (Å²) in [5, 5.41) is 4.46. The van der Waals surface area contributed by atoms with Gasteiger partial charge >= 0.3 is 12.1 Å². The van der Waals surface area contributed by atoms with Crippen molar-refractivity contribution in [2.24, 2.45) is 5.92 Å². The summed E-state index contributed by atoms with van der Waals surface area (Å²) in [7, 11) is 1.28. The van der Waals surface area contributed by atoms with Crippen molar-refractivity contribution in [3.8, 4) is 0 Å². The van der Waals surface area contributed by atoms with Gasteiger partial charge in [-0.1, -0.05) is 0 Å². The quantitative estimate of drug-likeness (QED) is 0.772. The maximum Gasteiger partial charge on any atom is 0.417 e. The Kier molecular flexibility index (Phi) is 5.87. The molecule has 10 heteroatoms. The van der Waals surface area contributed by atoms with Crippen LogP contribution in [-0.4, -0.2) is 37.1 Å². The van der Waals surface area contributed by atoms with E-state index in [-0.39, 0.29) is 11.8 Å². The van der Waals surface area contributed by atoms with Gasteiger partial charge in [-0.2, -0.15) is 13.2 Å². The number of carbonyl (C=O) groups is 2. The third-order valence-electron chi connectivity index (χ3n) is 4.56. The largest absolute Gasteiger partial charge is 0.465 e. The van der Waals surface area contributed by atoms with E-state index in [1.54, 1.807) is 11.4 Å². The van der Waals surface area contributed by atoms with Gasteiger partial charge in [0.2, 0.25) is 5.91 Å². The van der Waals surface area contributed by atoms with Gasteiger partial charge in [-0.15, -0.1) is 11.3 Å². The summed E-state index contributed by atoms with van der Waals surface area (Å²) in [5.74, 6) is -0.495. The summed E-state index contributed by atoms with van der Waals surface area (Å²) in [6.07, 6.45) is -2.53. The molecule has 1 aliphatic heterocycles. The monoisotopic (exact) mass is 413 g/mol. The van der Waals surface area contributed by atoms with Gasteiger partial charge in [0.05, 0.1) is 18.4 Å². The molecule has 0 aromatic carbocycles. The van der Waals surface area contributed by atoms with Gasteiger partial charge in [0.25, 0.3) is 0 Å². The Bertz CT molecular complexity index is 844. The van der Waals surface area contributed by atoms with Crippen molar-refractivity contribution in [1.82, 2.24) is 4.98 Å². The summed E-state index contributed by atoms with van der Waals surface area (Å²) in [6, 6.07) is 4.00. The van der Waals surface area contributed by atoms with Gasteiger partial charge in [0.15, 0.2) is 0 Å². The summed E-state index contributed by atoms with van der Waals surface area (Å²) in [5.41, 5.74) is -0.364. The van der Waals surface area contributed by atoms with Gasteiger partial charge in [0.1, 0.15) is 10.7 Å². The summed E-state index contributed by atoms with van der Waals surface area (Å²) in [4.78, 5) is 30.3. The number of amides is 1. The minimum absolute atomic E-state index is 0.191. The highest BCUT2D eigenvalue weighted by atomic mass is 32.1. The number of methoxy groups -OCH3 is 1. The number of thiophene rings is 1. The molecule has 1 amide bonds.